The third kappa shape index (κ3) is 3.10. The summed E-state index contributed by atoms with van der Waals surface area (Å²) >= 11 is 0. The Balaban J connectivity index is 1.83. The number of hydrogen-bond acceptors (Lipinski definition) is 4. The number of hydrogen-bond donors (Lipinski definition) is 1. The molecule has 1 N–H and O–H groups in total. The molecule has 0 spiro atoms. The summed E-state index contributed by atoms with van der Waals surface area (Å²) in [5.41, 5.74) is 0.976. The van der Waals surface area contributed by atoms with Crippen molar-refractivity contribution in [2.75, 3.05) is 32.2 Å². The predicted octanol–water partition coefficient (Wildman–Crippen LogP) is 1.93. The zero-order valence-electron chi connectivity index (χ0n) is 9.61. The van der Waals surface area contributed by atoms with Crippen LogP contribution in [0.4, 0.5) is 5.69 Å². The summed E-state index contributed by atoms with van der Waals surface area (Å²) in [6.45, 7) is 2.49. The zero-order valence-corrected chi connectivity index (χ0v) is 9.61. The summed E-state index contributed by atoms with van der Waals surface area (Å²) in [6, 6.07) is 1.96. The maximum atomic E-state index is 5.73. The number of pyridine rings is 1. The van der Waals surface area contributed by atoms with Crippen LogP contribution in [-0.2, 0) is 4.74 Å². The van der Waals surface area contributed by atoms with Crippen LogP contribution in [-0.4, -0.2) is 31.9 Å². The van der Waals surface area contributed by atoms with Crippen molar-refractivity contribution in [1.29, 1.82) is 0 Å². The van der Waals surface area contributed by atoms with E-state index in [1.165, 1.54) is 0 Å². The minimum atomic E-state index is 0.618. The van der Waals surface area contributed by atoms with E-state index < -0.39 is 0 Å². The minimum absolute atomic E-state index is 0.618. The maximum Gasteiger partial charge on any atom is 0.139 e. The molecular formula is C12H18N2O2. The van der Waals surface area contributed by atoms with Crippen LogP contribution in [0.15, 0.2) is 18.5 Å². The van der Waals surface area contributed by atoms with Gasteiger partial charge in [-0.3, -0.25) is 4.98 Å². The molecule has 0 atom stereocenters. The Hall–Kier alpha value is -1.29. The van der Waals surface area contributed by atoms with E-state index in [4.69, 9.17) is 9.47 Å². The summed E-state index contributed by atoms with van der Waals surface area (Å²) in [6.07, 6.45) is 5.72. The van der Waals surface area contributed by atoms with Crippen LogP contribution in [0.25, 0.3) is 0 Å². The molecule has 4 nitrogen and oxygen atoms in total. The topological polar surface area (TPSA) is 43.4 Å². The fourth-order valence-electron chi connectivity index (χ4n) is 1.76. The van der Waals surface area contributed by atoms with Crippen molar-refractivity contribution in [2.24, 2.45) is 5.92 Å². The molecule has 0 amide bonds. The standard InChI is InChI=1S/C12H18N2O2/c1-13-11-6-12(8-14-7-11)16-9-10-2-4-15-5-3-10/h6-8,10,13H,2-5,9H2,1H3. The number of aromatic nitrogens is 1. The molecule has 1 fully saturated rings. The largest absolute Gasteiger partial charge is 0.492 e. The third-order valence-electron chi connectivity index (χ3n) is 2.83. The first-order valence-electron chi connectivity index (χ1n) is 5.72. The average molecular weight is 222 g/mol. The molecule has 0 aromatic carbocycles. The summed E-state index contributed by atoms with van der Waals surface area (Å²) in [5, 5.41) is 3.04. The lowest BCUT2D eigenvalue weighted by molar-refractivity contribution is 0.0497. The molecule has 1 saturated heterocycles. The highest BCUT2D eigenvalue weighted by Gasteiger charge is 2.14. The first-order valence-corrected chi connectivity index (χ1v) is 5.72. The molecular weight excluding hydrogens is 204 g/mol. The molecule has 0 saturated carbocycles. The maximum absolute atomic E-state index is 5.73. The normalized spacial score (nSPS) is 17.1. The lowest BCUT2D eigenvalue weighted by Crippen LogP contribution is -2.21. The molecule has 1 aliphatic rings. The van der Waals surface area contributed by atoms with Crippen molar-refractivity contribution in [3.63, 3.8) is 0 Å². The predicted molar refractivity (Wildman–Crippen MR) is 62.8 cm³/mol. The molecule has 2 rings (SSSR count). The summed E-state index contributed by atoms with van der Waals surface area (Å²) in [4.78, 5) is 4.11. The van der Waals surface area contributed by atoms with Crippen LogP contribution in [0.2, 0.25) is 0 Å². The van der Waals surface area contributed by atoms with Crippen molar-refractivity contribution in [3.05, 3.63) is 18.5 Å². The van der Waals surface area contributed by atoms with E-state index in [0.717, 1.165) is 44.1 Å². The van der Waals surface area contributed by atoms with Gasteiger partial charge in [-0.1, -0.05) is 0 Å². The Kier molecular flexibility index (Phi) is 3.99. The van der Waals surface area contributed by atoms with Gasteiger partial charge in [-0.25, -0.2) is 0 Å². The van der Waals surface area contributed by atoms with Gasteiger partial charge in [0.15, 0.2) is 0 Å². The van der Waals surface area contributed by atoms with Crippen LogP contribution in [0.3, 0.4) is 0 Å². The molecule has 2 heterocycles. The fraction of sp³-hybridized carbons (Fsp3) is 0.583. The summed E-state index contributed by atoms with van der Waals surface area (Å²) in [7, 11) is 1.87. The minimum Gasteiger partial charge on any atom is -0.492 e. The average Bonchev–Trinajstić information content (AvgIpc) is 2.38. The van der Waals surface area contributed by atoms with Crippen molar-refractivity contribution >= 4 is 5.69 Å². The molecule has 0 bridgehead atoms. The Bertz CT molecular complexity index is 325. The van der Waals surface area contributed by atoms with Gasteiger partial charge in [-0.2, -0.15) is 0 Å². The van der Waals surface area contributed by atoms with Gasteiger partial charge in [0.1, 0.15) is 5.75 Å². The molecule has 1 aliphatic heterocycles. The molecule has 4 heteroatoms. The van der Waals surface area contributed by atoms with Crippen molar-refractivity contribution in [1.82, 2.24) is 4.98 Å². The fourth-order valence-corrected chi connectivity index (χ4v) is 1.76. The zero-order chi connectivity index (χ0) is 11.2. The van der Waals surface area contributed by atoms with Gasteiger partial charge in [0.05, 0.1) is 24.7 Å². The van der Waals surface area contributed by atoms with Crippen LogP contribution in [0.1, 0.15) is 12.8 Å². The summed E-state index contributed by atoms with van der Waals surface area (Å²) < 4.78 is 11.0. The van der Waals surface area contributed by atoms with E-state index in [-0.39, 0.29) is 0 Å². The van der Waals surface area contributed by atoms with E-state index >= 15 is 0 Å². The van der Waals surface area contributed by atoms with E-state index in [2.05, 4.69) is 10.3 Å². The SMILES string of the molecule is CNc1cncc(OCC2CCOCC2)c1. The monoisotopic (exact) mass is 222 g/mol. The van der Waals surface area contributed by atoms with Crippen molar-refractivity contribution in [2.45, 2.75) is 12.8 Å². The van der Waals surface area contributed by atoms with Crippen LogP contribution in [0, 0.1) is 5.92 Å². The number of rotatable bonds is 4. The van der Waals surface area contributed by atoms with Gasteiger partial charge in [0.2, 0.25) is 0 Å². The molecule has 88 valence electrons. The van der Waals surface area contributed by atoms with E-state index in [9.17, 15) is 0 Å². The lowest BCUT2D eigenvalue weighted by atomic mass is 10.0. The van der Waals surface area contributed by atoms with Gasteiger partial charge < -0.3 is 14.8 Å². The highest BCUT2D eigenvalue weighted by molar-refractivity contribution is 5.44. The molecule has 1 aromatic heterocycles. The van der Waals surface area contributed by atoms with Gasteiger partial charge in [0, 0.05) is 26.3 Å². The van der Waals surface area contributed by atoms with Gasteiger partial charge >= 0.3 is 0 Å². The second-order valence-electron chi connectivity index (χ2n) is 4.03. The number of ether oxygens (including phenoxy) is 2. The van der Waals surface area contributed by atoms with E-state index in [0.29, 0.717) is 5.92 Å². The van der Waals surface area contributed by atoms with Gasteiger partial charge in [-0.15, -0.1) is 0 Å². The van der Waals surface area contributed by atoms with Gasteiger partial charge in [-0.05, 0) is 18.8 Å². The quantitative estimate of drug-likeness (QED) is 0.845. The number of nitrogens with zero attached hydrogens (tertiary/aromatic N) is 1. The van der Waals surface area contributed by atoms with E-state index in [1.807, 2.05) is 13.1 Å². The Morgan fingerprint density at radius 3 is 3.00 bits per heavy atom. The number of anilines is 1. The molecule has 16 heavy (non-hydrogen) atoms. The lowest BCUT2D eigenvalue weighted by Gasteiger charge is -2.22. The highest BCUT2D eigenvalue weighted by atomic mass is 16.5. The van der Waals surface area contributed by atoms with Crippen LogP contribution >= 0.6 is 0 Å². The smallest absolute Gasteiger partial charge is 0.139 e. The Labute approximate surface area is 96.0 Å². The number of nitrogens with one attached hydrogen (secondary N) is 1. The van der Waals surface area contributed by atoms with Gasteiger partial charge in [0.25, 0.3) is 0 Å². The first-order chi connectivity index (χ1) is 7.88. The summed E-state index contributed by atoms with van der Waals surface area (Å²) in [5.74, 6) is 1.45. The first kappa shape index (κ1) is 11.2. The molecule has 0 radical (unpaired) electrons. The molecule has 0 aliphatic carbocycles. The van der Waals surface area contributed by atoms with E-state index in [1.54, 1.807) is 12.4 Å². The van der Waals surface area contributed by atoms with Crippen molar-refractivity contribution in [3.8, 4) is 5.75 Å². The highest BCUT2D eigenvalue weighted by Crippen LogP contribution is 2.19. The van der Waals surface area contributed by atoms with Crippen molar-refractivity contribution < 1.29 is 9.47 Å². The second-order valence-corrected chi connectivity index (χ2v) is 4.03. The Morgan fingerprint density at radius 1 is 1.44 bits per heavy atom. The second kappa shape index (κ2) is 5.70. The van der Waals surface area contributed by atoms with Crippen LogP contribution in [0.5, 0.6) is 5.75 Å². The Morgan fingerprint density at radius 2 is 2.25 bits per heavy atom. The molecule has 1 aromatic rings. The van der Waals surface area contributed by atoms with Crippen LogP contribution < -0.4 is 10.1 Å². The molecule has 0 unspecified atom stereocenters. The third-order valence-corrected chi connectivity index (χ3v) is 2.83.